The first-order chi connectivity index (χ1) is 4.77. The van der Waals surface area contributed by atoms with E-state index in [0.29, 0.717) is 0 Å². The minimum Gasteiger partial charge on any atom is -0.394 e. The Morgan fingerprint density at radius 3 is 2.80 bits per heavy atom. The summed E-state index contributed by atoms with van der Waals surface area (Å²) < 4.78 is 22.3. The number of aliphatic hydroxyl groups is 1. The number of hydrogen-bond donors (Lipinski definition) is 1. The van der Waals surface area contributed by atoms with Gasteiger partial charge in [-0.25, -0.2) is 4.39 Å². The number of ether oxygens (including phenoxy) is 2. The van der Waals surface area contributed by atoms with E-state index in [4.69, 9.17) is 14.6 Å². The molecule has 0 saturated carbocycles. The molecule has 0 aromatic heterocycles. The van der Waals surface area contributed by atoms with E-state index in [-0.39, 0.29) is 13.0 Å². The van der Waals surface area contributed by atoms with Crippen molar-refractivity contribution in [1.82, 2.24) is 0 Å². The molecule has 1 N–H and O–H groups in total. The van der Waals surface area contributed by atoms with Crippen molar-refractivity contribution in [1.29, 1.82) is 0 Å². The fourth-order valence-corrected chi connectivity index (χ4v) is 0.981. The molecule has 1 aliphatic rings. The van der Waals surface area contributed by atoms with E-state index >= 15 is 0 Å². The summed E-state index contributed by atoms with van der Waals surface area (Å²) in [7, 11) is 1.46. The molecule has 1 fully saturated rings. The summed E-state index contributed by atoms with van der Waals surface area (Å²) in [4.78, 5) is 0. The van der Waals surface area contributed by atoms with Gasteiger partial charge in [-0.05, 0) is 0 Å². The van der Waals surface area contributed by atoms with Crippen LogP contribution in [0.15, 0.2) is 0 Å². The van der Waals surface area contributed by atoms with Crippen LogP contribution in [0, 0.1) is 0 Å². The monoisotopic (exact) mass is 150 g/mol. The molecule has 1 saturated heterocycles. The maximum atomic E-state index is 12.7. The molecule has 1 aliphatic heterocycles. The Morgan fingerprint density at radius 2 is 2.50 bits per heavy atom. The van der Waals surface area contributed by atoms with Crippen molar-refractivity contribution in [2.45, 2.75) is 25.0 Å². The van der Waals surface area contributed by atoms with Gasteiger partial charge in [-0.2, -0.15) is 0 Å². The lowest BCUT2D eigenvalue weighted by atomic mass is 10.2. The van der Waals surface area contributed by atoms with Crippen LogP contribution < -0.4 is 0 Å². The van der Waals surface area contributed by atoms with Gasteiger partial charge in [0.05, 0.1) is 6.61 Å². The van der Waals surface area contributed by atoms with Gasteiger partial charge >= 0.3 is 0 Å². The Morgan fingerprint density at radius 1 is 1.80 bits per heavy atom. The van der Waals surface area contributed by atoms with Crippen LogP contribution in [0.2, 0.25) is 0 Å². The highest BCUT2D eigenvalue weighted by atomic mass is 19.1. The van der Waals surface area contributed by atoms with Crippen LogP contribution in [0.4, 0.5) is 4.39 Å². The van der Waals surface area contributed by atoms with Gasteiger partial charge in [-0.1, -0.05) is 0 Å². The zero-order chi connectivity index (χ0) is 7.56. The van der Waals surface area contributed by atoms with E-state index in [2.05, 4.69) is 0 Å². The van der Waals surface area contributed by atoms with Crippen molar-refractivity contribution in [2.75, 3.05) is 13.7 Å². The highest BCUT2D eigenvalue weighted by molar-refractivity contribution is 4.77. The Bertz CT molecular complexity index is 109. The molecule has 10 heavy (non-hydrogen) atoms. The first-order valence-corrected chi connectivity index (χ1v) is 3.21. The number of methoxy groups -OCH3 is 1. The van der Waals surface area contributed by atoms with Gasteiger partial charge in [0, 0.05) is 13.5 Å². The van der Waals surface area contributed by atoms with Crippen molar-refractivity contribution in [3.8, 4) is 0 Å². The highest BCUT2D eigenvalue weighted by Crippen LogP contribution is 2.22. The molecule has 60 valence electrons. The molecule has 0 spiro atoms. The number of rotatable bonds is 2. The average Bonchev–Trinajstić information content (AvgIpc) is 2.30. The molecule has 0 amide bonds. The third-order valence-corrected chi connectivity index (χ3v) is 1.59. The van der Waals surface area contributed by atoms with Crippen LogP contribution in [0.3, 0.4) is 0 Å². The molecule has 3 atom stereocenters. The molecular weight excluding hydrogens is 139 g/mol. The van der Waals surface area contributed by atoms with Crippen molar-refractivity contribution < 1.29 is 19.0 Å². The first kappa shape index (κ1) is 7.91. The van der Waals surface area contributed by atoms with Gasteiger partial charge in [0.1, 0.15) is 12.3 Å². The fourth-order valence-electron chi connectivity index (χ4n) is 0.981. The predicted molar refractivity (Wildman–Crippen MR) is 32.3 cm³/mol. The van der Waals surface area contributed by atoms with Gasteiger partial charge < -0.3 is 14.6 Å². The average molecular weight is 150 g/mol. The lowest BCUT2D eigenvalue weighted by Crippen LogP contribution is -2.21. The number of hydrogen-bond acceptors (Lipinski definition) is 3. The third-order valence-electron chi connectivity index (χ3n) is 1.59. The number of alkyl halides is 1. The van der Waals surface area contributed by atoms with Gasteiger partial charge in [0.25, 0.3) is 0 Å². The molecule has 0 aromatic carbocycles. The maximum Gasteiger partial charge on any atom is 0.160 e. The zero-order valence-electron chi connectivity index (χ0n) is 5.79. The summed E-state index contributed by atoms with van der Waals surface area (Å²) in [6.07, 6.45) is -2.03. The standard InChI is InChI=1S/C6H11FO3/c1-9-6-2-4(7)5(3-8)10-6/h4-6,8H,2-3H2,1H3/t4-,5+,6?/m0/s1. The second kappa shape index (κ2) is 3.27. The largest absolute Gasteiger partial charge is 0.394 e. The molecule has 1 unspecified atom stereocenters. The minimum absolute atomic E-state index is 0.224. The summed E-state index contributed by atoms with van der Waals surface area (Å²) in [5.74, 6) is 0. The van der Waals surface area contributed by atoms with Crippen molar-refractivity contribution >= 4 is 0 Å². The van der Waals surface area contributed by atoms with Gasteiger partial charge in [-0.15, -0.1) is 0 Å². The van der Waals surface area contributed by atoms with Crippen molar-refractivity contribution in [3.63, 3.8) is 0 Å². The summed E-state index contributed by atoms with van der Waals surface area (Å²) in [5, 5.41) is 8.53. The summed E-state index contributed by atoms with van der Waals surface area (Å²) in [5.41, 5.74) is 0. The van der Waals surface area contributed by atoms with E-state index < -0.39 is 18.6 Å². The van der Waals surface area contributed by atoms with Gasteiger partial charge in [0.2, 0.25) is 0 Å². The Balaban J connectivity index is 2.36. The van der Waals surface area contributed by atoms with E-state index in [0.717, 1.165) is 0 Å². The maximum absolute atomic E-state index is 12.7. The van der Waals surface area contributed by atoms with Crippen LogP contribution in [0.1, 0.15) is 6.42 Å². The molecule has 1 rings (SSSR count). The van der Waals surface area contributed by atoms with Crippen LogP contribution in [0.5, 0.6) is 0 Å². The highest BCUT2D eigenvalue weighted by Gasteiger charge is 2.34. The van der Waals surface area contributed by atoms with Crippen LogP contribution in [0.25, 0.3) is 0 Å². The Labute approximate surface area is 58.7 Å². The minimum atomic E-state index is -1.09. The van der Waals surface area contributed by atoms with Crippen LogP contribution in [-0.2, 0) is 9.47 Å². The third kappa shape index (κ3) is 1.45. The van der Waals surface area contributed by atoms with E-state index in [9.17, 15) is 4.39 Å². The summed E-state index contributed by atoms with van der Waals surface area (Å²) >= 11 is 0. The van der Waals surface area contributed by atoms with Gasteiger partial charge in [0.15, 0.2) is 6.29 Å². The topological polar surface area (TPSA) is 38.7 Å². The Hall–Kier alpha value is -0.190. The van der Waals surface area contributed by atoms with Gasteiger partial charge in [-0.3, -0.25) is 0 Å². The van der Waals surface area contributed by atoms with E-state index in [1.807, 2.05) is 0 Å². The smallest absolute Gasteiger partial charge is 0.160 e. The number of aliphatic hydroxyl groups excluding tert-OH is 1. The molecule has 4 heteroatoms. The van der Waals surface area contributed by atoms with E-state index in [1.54, 1.807) is 0 Å². The molecule has 0 aromatic rings. The summed E-state index contributed by atoms with van der Waals surface area (Å²) in [6.45, 7) is -0.277. The normalized spacial score (nSPS) is 40.5. The fraction of sp³-hybridized carbons (Fsp3) is 1.00. The molecule has 1 heterocycles. The molecule has 0 aliphatic carbocycles. The molecule has 0 bridgehead atoms. The summed E-state index contributed by atoms with van der Waals surface area (Å²) in [6, 6.07) is 0. The molecule has 0 radical (unpaired) electrons. The van der Waals surface area contributed by atoms with Crippen molar-refractivity contribution in [3.05, 3.63) is 0 Å². The predicted octanol–water partition coefficient (Wildman–Crippen LogP) is 0.0782. The van der Waals surface area contributed by atoms with Crippen molar-refractivity contribution in [2.24, 2.45) is 0 Å². The Kier molecular flexibility index (Phi) is 2.59. The molecule has 3 nitrogen and oxygen atoms in total. The van der Waals surface area contributed by atoms with Crippen LogP contribution >= 0.6 is 0 Å². The number of halogens is 1. The second-order valence-electron chi connectivity index (χ2n) is 2.27. The zero-order valence-corrected chi connectivity index (χ0v) is 5.79. The SMILES string of the molecule is COC1C[C@H](F)[C@@H](CO)O1. The first-order valence-electron chi connectivity index (χ1n) is 3.21. The quantitative estimate of drug-likeness (QED) is 0.605. The lowest BCUT2D eigenvalue weighted by Gasteiger charge is -2.08. The van der Waals surface area contributed by atoms with Crippen LogP contribution in [-0.4, -0.2) is 37.4 Å². The van der Waals surface area contributed by atoms with E-state index in [1.165, 1.54) is 7.11 Å². The molecular formula is C6H11FO3. The second-order valence-corrected chi connectivity index (χ2v) is 2.27. The lowest BCUT2D eigenvalue weighted by molar-refractivity contribution is -0.125.